The van der Waals surface area contributed by atoms with Crippen molar-refractivity contribution in [3.8, 4) is 0 Å². The van der Waals surface area contributed by atoms with E-state index in [0.29, 0.717) is 11.4 Å². The fourth-order valence-electron chi connectivity index (χ4n) is 1.22. The second-order valence-electron chi connectivity index (χ2n) is 4.51. The van der Waals surface area contributed by atoms with Crippen molar-refractivity contribution >= 4 is 11.6 Å². The van der Waals surface area contributed by atoms with E-state index in [4.69, 9.17) is 5.73 Å². The van der Waals surface area contributed by atoms with Crippen LogP contribution in [0.15, 0.2) is 18.3 Å². The summed E-state index contributed by atoms with van der Waals surface area (Å²) in [5.41, 5.74) is 6.35. The van der Waals surface area contributed by atoms with Gasteiger partial charge in [-0.15, -0.1) is 0 Å². The molecule has 0 aliphatic heterocycles. The first-order chi connectivity index (χ1) is 7.38. The fraction of sp³-hybridized carbons (Fsp3) is 0.500. The van der Waals surface area contributed by atoms with Gasteiger partial charge in [0.25, 0.3) is 5.91 Å². The number of hydrogen-bond donors (Lipinski definition) is 1. The lowest BCUT2D eigenvalue weighted by Gasteiger charge is -2.34. The Morgan fingerprint density at radius 2 is 2.12 bits per heavy atom. The molecule has 1 aromatic heterocycles. The second-order valence-corrected chi connectivity index (χ2v) is 4.51. The van der Waals surface area contributed by atoms with Gasteiger partial charge in [0.2, 0.25) is 0 Å². The van der Waals surface area contributed by atoms with E-state index >= 15 is 0 Å². The zero-order chi connectivity index (χ0) is 12.3. The van der Waals surface area contributed by atoms with E-state index in [9.17, 15) is 4.79 Å². The number of amides is 1. The Morgan fingerprint density at radius 3 is 2.56 bits per heavy atom. The third kappa shape index (κ3) is 2.51. The van der Waals surface area contributed by atoms with E-state index in [1.165, 1.54) is 6.20 Å². The van der Waals surface area contributed by atoms with Crippen LogP contribution in [0.25, 0.3) is 0 Å². The van der Waals surface area contributed by atoms with Crippen molar-refractivity contribution in [2.75, 3.05) is 12.8 Å². The molecule has 0 aliphatic carbocycles. The van der Waals surface area contributed by atoms with Gasteiger partial charge in [-0.25, -0.2) is 4.98 Å². The molecule has 0 fully saturated rings. The number of rotatable bonds is 3. The minimum absolute atomic E-state index is 0.0770. The van der Waals surface area contributed by atoms with Crippen LogP contribution in [-0.4, -0.2) is 28.4 Å². The van der Waals surface area contributed by atoms with Gasteiger partial charge in [-0.1, -0.05) is 6.92 Å². The van der Waals surface area contributed by atoms with Crippen LogP contribution in [0.1, 0.15) is 37.7 Å². The molecule has 0 aliphatic rings. The van der Waals surface area contributed by atoms with Crippen molar-refractivity contribution in [2.24, 2.45) is 0 Å². The van der Waals surface area contributed by atoms with E-state index in [2.05, 4.69) is 11.9 Å². The van der Waals surface area contributed by atoms with Crippen molar-refractivity contribution in [3.63, 3.8) is 0 Å². The van der Waals surface area contributed by atoms with Crippen LogP contribution in [0.5, 0.6) is 0 Å². The molecule has 0 bridgehead atoms. The molecule has 16 heavy (non-hydrogen) atoms. The van der Waals surface area contributed by atoms with E-state index < -0.39 is 0 Å². The van der Waals surface area contributed by atoms with Crippen molar-refractivity contribution in [1.82, 2.24) is 9.88 Å². The fourth-order valence-corrected chi connectivity index (χ4v) is 1.22. The summed E-state index contributed by atoms with van der Waals surface area (Å²) in [4.78, 5) is 17.8. The Morgan fingerprint density at radius 1 is 1.50 bits per heavy atom. The molecule has 0 aromatic carbocycles. The summed E-state index contributed by atoms with van der Waals surface area (Å²) in [7, 11) is 1.80. The smallest absolute Gasteiger partial charge is 0.272 e. The molecule has 1 heterocycles. The molecule has 0 saturated heterocycles. The number of nitrogens with zero attached hydrogens (tertiary/aromatic N) is 2. The highest BCUT2D eigenvalue weighted by molar-refractivity contribution is 5.92. The van der Waals surface area contributed by atoms with E-state index in [1.807, 2.05) is 13.8 Å². The van der Waals surface area contributed by atoms with Gasteiger partial charge in [-0.05, 0) is 32.4 Å². The molecule has 0 atom stereocenters. The Labute approximate surface area is 96.5 Å². The Bertz CT molecular complexity index is 370. The summed E-state index contributed by atoms with van der Waals surface area (Å²) >= 11 is 0. The molecule has 0 spiro atoms. The SMILES string of the molecule is CCC(C)(C)N(C)C(=O)c1ccc(N)cn1. The van der Waals surface area contributed by atoms with E-state index in [0.717, 1.165) is 6.42 Å². The average molecular weight is 221 g/mol. The highest BCUT2D eigenvalue weighted by Gasteiger charge is 2.26. The van der Waals surface area contributed by atoms with Gasteiger partial charge >= 0.3 is 0 Å². The summed E-state index contributed by atoms with van der Waals surface area (Å²) in [6.07, 6.45) is 2.39. The monoisotopic (exact) mass is 221 g/mol. The third-order valence-electron chi connectivity index (χ3n) is 3.08. The predicted octanol–water partition coefficient (Wildman–Crippen LogP) is 1.92. The predicted molar refractivity (Wildman–Crippen MR) is 65.1 cm³/mol. The second kappa shape index (κ2) is 4.51. The van der Waals surface area contributed by atoms with Gasteiger partial charge in [0.05, 0.1) is 11.9 Å². The number of nitrogens with two attached hydrogens (primary N) is 1. The highest BCUT2D eigenvalue weighted by atomic mass is 16.2. The van der Waals surface area contributed by atoms with Crippen LogP contribution in [-0.2, 0) is 0 Å². The highest BCUT2D eigenvalue weighted by Crippen LogP contribution is 2.18. The first-order valence-corrected chi connectivity index (χ1v) is 5.38. The Balaban J connectivity index is 2.90. The number of carbonyl (C=O) groups excluding carboxylic acids is 1. The maximum atomic E-state index is 12.1. The normalized spacial score (nSPS) is 11.2. The van der Waals surface area contributed by atoms with Gasteiger partial charge in [-0.2, -0.15) is 0 Å². The van der Waals surface area contributed by atoms with Crippen molar-refractivity contribution in [1.29, 1.82) is 0 Å². The topological polar surface area (TPSA) is 59.2 Å². The summed E-state index contributed by atoms with van der Waals surface area (Å²) < 4.78 is 0. The Hall–Kier alpha value is -1.58. The summed E-state index contributed by atoms with van der Waals surface area (Å²) in [6, 6.07) is 3.34. The largest absolute Gasteiger partial charge is 0.397 e. The van der Waals surface area contributed by atoms with Crippen LogP contribution in [0.4, 0.5) is 5.69 Å². The molecule has 0 saturated carbocycles. The zero-order valence-corrected chi connectivity index (χ0v) is 10.3. The van der Waals surface area contributed by atoms with E-state index in [-0.39, 0.29) is 11.4 Å². The number of anilines is 1. The molecule has 4 nitrogen and oxygen atoms in total. The number of aromatic nitrogens is 1. The zero-order valence-electron chi connectivity index (χ0n) is 10.3. The Kier molecular flexibility index (Phi) is 3.52. The van der Waals surface area contributed by atoms with Crippen LogP contribution >= 0.6 is 0 Å². The molecular weight excluding hydrogens is 202 g/mol. The molecule has 1 rings (SSSR count). The molecule has 88 valence electrons. The molecule has 1 aromatic rings. The minimum Gasteiger partial charge on any atom is -0.397 e. The lowest BCUT2D eigenvalue weighted by Crippen LogP contribution is -2.44. The van der Waals surface area contributed by atoms with Crippen LogP contribution < -0.4 is 5.73 Å². The van der Waals surface area contributed by atoms with Crippen LogP contribution in [0.3, 0.4) is 0 Å². The lowest BCUT2D eigenvalue weighted by molar-refractivity contribution is 0.0614. The van der Waals surface area contributed by atoms with Crippen molar-refractivity contribution < 1.29 is 4.79 Å². The third-order valence-corrected chi connectivity index (χ3v) is 3.08. The first kappa shape index (κ1) is 12.5. The molecule has 4 heteroatoms. The summed E-state index contributed by atoms with van der Waals surface area (Å²) in [5.74, 6) is -0.0770. The van der Waals surface area contributed by atoms with E-state index in [1.54, 1.807) is 24.1 Å². The summed E-state index contributed by atoms with van der Waals surface area (Å²) in [5, 5.41) is 0. The van der Waals surface area contributed by atoms with Crippen LogP contribution in [0.2, 0.25) is 0 Å². The van der Waals surface area contributed by atoms with Crippen molar-refractivity contribution in [3.05, 3.63) is 24.0 Å². The van der Waals surface area contributed by atoms with Gasteiger partial charge in [0.1, 0.15) is 5.69 Å². The lowest BCUT2D eigenvalue weighted by atomic mass is 9.99. The quantitative estimate of drug-likeness (QED) is 0.848. The molecule has 0 radical (unpaired) electrons. The molecular formula is C12H19N3O. The van der Waals surface area contributed by atoms with Crippen LogP contribution in [0, 0.1) is 0 Å². The standard InChI is InChI=1S/C12H19N3O/c1-5-12(2,3)15(4)11(16)10-7-6-9(13)8-14-10/h6-8H,5,13H2,1-4H3. The van der Waals surface area contributed by atoms with Gasteiger partial charge in [0.15, 0.2) is 0 Å². The number of carbonyl (C=O) groups is 1. The van der Waals surface area contributed by atoms with Crippen molar-refractivity contribution in [2.45, 2.75) is 32.7 Å². The first-order valence-electron chi connectivity index (χ1n) is 5.38. The number of hydrogen-bond acceptors (Lipinski definition) is 3. The molecule has 2 N–H and O–H groups in total. The number of pyridine rings is 1. The van der Waals surface area contributed by atoms with Gasteiger partial charge < -0.3 is 10.6 Å². The van der Waals surface area contributed by atoms with Gasteiger partial charge in [0, 0.05) is 12.6 Å². The average Bonchev–Trinajstić information content (AvgIpc) is 2.28. The minimum atomic E-state index is -0.167. The molecule has 1 amide bonds. The maximum Gasteiger partial charge on any atom is 0.272 e. The number of nitrogen functional groups attached to an aromatic ring is 1. The maximum absolute atomic E-state index is 12.1. The van der Waals surface area contributed by atoms with Gasteiger partial charge in [-0.3, -0.25) is 4.79 Å². The molecule has 0 unspecified atom stereocenters. The summed E-state index contributed by atoms with van der Waals surface area (Å²) in [6.45, 7) is 6.12.